The fourth-order valence-corrected chi connectivity index (χ4v) is 2.50. The minimum atomic E-state index is -3.43. The van der Waals surface area contributed by atoms with Crippen LogP contribution in [-0.4, -0.2) is 20.6 Å². The number of carbonyl (C=O) groups excluding carboxylic acids is 1. The first-order chi connectivity index (χ1) is 8.88. The van der Waals surface area contributed by atoms with Crippen LogP contribution in [0.3, 0.4) is 0 Å². The van der Waals surface area contributed by atoms with Crippen molar-refractivity contribution in [2.45, 2.75) is 4.90 Å². The molecule has 5 nitrogen and oxygen atoms in total. The van der Waals surface area contributed by atoms with Crippen molar-refractivity contribution < 1.29 is 17.6 Å². The van der Waals surface area contributed by atoms with E-state index in [2.05, 4.69) is 5.32 Å². The monoisotopic (exact) mass is 299 g/mol. The molecule has 0 saturated heterocycles. The lowest BCUT2D eigenvalue weighted by atomic mass is 10.3. The van der Waals surface area contributed by atoms with Gasteiger partial charge in [-0.25, -0.2) is 8.42 Å². The zero-order valence-electron chi connectivity index (χ0n) is 9.88. The molecule has 0 atom stereocenters. The molecule has 0 fully saturated rings. The van der Waals surface area contributed by atoms with E-state index in [1.165, 1.54) is 24.3 Å². The van der Waals surface area contributed by atoms with E-state index in [9.17, 15) is 13.2 Å². The molecule has 0 spiro atoms. The van der Waals surface area contributed by atoms with Crippen molar-refractivity contribution in [1.29, 1.82) is 0 Å². The number of nitrogens with one attached hydrogen (secondary N) is 1. The molecule has 7 heteroatoms. The van der Waals surface area contributed by atoms with Gasteiger partial charge < -0.3 is 9.73 Å². The van der Waals surface area contributed by atoms with Crippen LogP contribution < -0.4 is 5.32 Å². The highest BCUT2D eigenvalue weighted by molar-refractivity contribution is 7.90. The predicted octanol–water partition coefficient (Wildman–Crippen LogP) is 2.59. The summed E-state index contributed by atoms with van der Waals surface area (Å²) < 4.78 is 28.1. The van der Waals surface area contributed by atoms with E-state index in [-0.39, 0.29) is 21.6 Å². The number of benzene rings is 1. The van der Waals surface area contributed by atoms with Gasteiger partial charge in [0.15, 0.2) is 20.8 Å². The molecule has 1 aromatic heterocycles. The van der Waals surface area contributed by atoms with Crippen LogP contribution in [0.15, 0.2) is 45.7 Å². The molecule has 0 aliphatic rings. The summed E-state index contributed by atoms with van der Waals surface area (Å²) in [5, 5.41) is 2.56. The molecule has 100 valence electrons. The van der Waals surface area contributed by atoms with Crippen molar-refractivity contribution in [3.63, 3.8) is 0 Å². The Morgan fingerprint density at radius 1 is 1.21 bits per heavy atom. The number of furan rings is 1. The Morgan fingerprint density at radius 3 is 2.47 bits per heavy atom. The molecule has 1 aromatic carbocycles. The fourth-order valence-electron chi connectivity index (χ4n) is 1.51. The maximum absolute atomic E-state index is 11.8. The van der Waals surface area contributed by atoms with Gasteiger partial charge in [0.05, 0.1) is 10.6 Å². The Labute approximate surface area is 115 Å². The van der Waals surface area contributed by atoms with Crippen LogP contribution in [0.25, 0.3) is 0 Å². The highest BCUT2D eigenvalue weighted by atomic mass is 35.5. The average Bonchev–Trinajstić information content (AvgIpc) is 2.75. The zero-order valence-corrected chi connectivity index (χ0v) is 11.5. The number of hydrogen-bond donors (Lipinski definition) is 1. The van der Waals surface area contributed by atoms with E-state index >= 15 is 0 Å². The third kappa shape index (κ3) is 3.15. The van der Waals surface area contributed by atoms with E-state index < -0.39 is 15.7 Å². The molecule has 0 bridgehead atoms. The number of anilines is 1. The van der Waals surface area contributed by atoms with E-state index in [1.54, 1.807) is 12.1 Å². The number of hydrogen-bond acceptors (Lipinski definition) is 4. The fraction of sp³-hybridized carbons (Fsp3) is 0.0833. The van der Waals surface area contributed by atoms with Crippen LogP contribution in [-0.2, 0) is 9.84 Å². The number of halogens is 1. The second-order valence-electron chi connectivity index (χ2n) is 3.83. The van der Waals surface area contributed by atoms with Crippen molar-refractivity contribution in [1.82, 2.24) is 0 Å². The topological polar surface area (TPSA) is 76.4 Å². The van der Waals surface area contributed by atoms with Crippen molar-refractivity contribution in [3.05, 3.63) is 47.4 Å². The highest BCUT2D eigenvalue weighted by Crippen LogP contribution is 2.22. The molecular formula is C12H10ClNO4S. The summed E-state index contributed by atoms with van der Waals surface area (Å²) in [4.78, 5) is 11.9. The zero-order chi connectivity index (χ0) is 14.0. The maximum Gasteiger partial charge on any atom is 0.291 e. The largest absolute Gasteiger partial charge is 0.440 e. The molecule has 2 rings (SSSR count). The average molecular weight is 300 g/mol. The van der Waals surface area contributed by atoms with E-state index in [1.807, 2.05) is 0 Å². The summed E-state index contributed by atoms with van der Waals surface area (Å²) in [6.07, 6.45) is 1.07. The smallest absolute Gasteiger partial charge is 0.291 e. The first kappa shape index (κ1) is 13.6. The van der Waals surface area contributed by atoms with Crippen LogP contribution >= 0.6 is 11.6 Å². The molecule has 2 aromatic rings. The summed E-state index contributed by atoms with van der Waals surface area (Å²) in [5.41, 5.74) is 0.197. The van der Waals surface area contributed by atoms with Crippen LogP contribution in [0, 0.1) is 0 Å². The highest BCUT2D eigenvalue weighted by Gasteiger charge is 2.17. The van der Waals surface area contributed by atoms with Crippen LogP contribution in [0.5, 0.6) is 0 Å². The lowest BCUT2D eigenvalue weighted by Crippen LogP contribution is -2.13. The van der Waals surface area contributed by atoms with Gasteiger partial charge in [0.2, 0.25) is 0 Å². The van der Waals surface area contributed by atoms with Crippen LogP contribution in [0.2, 0.25) is 5.22 Å². The van der Waals surface area contributed by atoms with Crippen molar-refractivity contribution in [2.75, 3.05) is 11.6 Å². The van der Waals surface area contributed by atoms with Gasteiger partial charge in [-0.05, 0) is 35.9 Å². The lowest BCUT2D eigenvalue weighted by molar-refractivity contribution is 0.0996. The van der Waals surface area contributed by atoms with E-state index in [0.29, 0.717) is 0 Å². The quantitative estimate of drug-likeness (QED) is 0.945. The first-order valence-corrected chi connectivity index (χ1v) is 7.50. The standard InChI is InChI=1S/C12H10ClNO4S/c1-19(16,17)10-5-3-2-4-8(10)14-12(15)9-6-7-11(13)18-9/h2-7H,1H3,(H,14,15). The third-order valence-electron chi connectivity index (χ3n) is 2.33. The summed E-state index contributed by atoms with van der Waals surface area (Å²) in [7, 11) is -3.43. The van der Waals surface area contributed by atoms with Gasteiger partial charge in [-0.2, -0.15) is 0 Å². The van der Waals surface area contributed by atoms with E-state index in [4.69, 9.17) is 16.0 Å². The van der Waals surface area contributed by atoms with Gasteiger partial charge >= 0.3 is 0 Å². The van der Waals surface area contributed by atoms with Crippen molar-refractivity contribution in [3.8, 4) is 0 Å². The SMILES string of the molecule is CS(=O)(=O)c1ccccc1NC(=O)c1ccc(Cl)o1. The summed E-state index contributed by atoms with van der Waals surface area (Å²) in [5.74, 6) is -0.559. The van der Waals surface area contributed by atoms with Gasteiger partial charge in [-0.1, -0.05) is 12.1 Å². The second kappa shape index (κ2) is 5.07. The Bertz CT molecular complexity index is 721. The summed E-state index contributed by atoms with van der Waals surface area (Å²) >= 11 is 5.57. The molecule has 0 aliphatic heterocycles. The molecule has 1 heterocycles. The Kier molecular flexibility index (Phi) is 3.64. The number of rotatable bonds is 3. The van der Waals surface area contributed by atoms with Gasteiger partial charge in [0.25, 0.3) is 5.91 Å². The molecule has 1 N–H and O–H groups in total. The molecule has 0 saturated carbocycles. The van der Waals surface area contributed by atoms with Gasteiger partial charge in [-0.3, -0.25) is 4.79 Å². The minimum absolute atomic E-state index is 0.00769. The Morgan fingerprint density at radius 2 is 1.89 bits per heavy atom. The lowest BCUT2D eigenvalue weighted by Gasteiger charge is -2.08. The van der Waals surface area contributed by atoms with Crippen LogP contribution in [0.1, 0.15) is 10.6 Å². The van der Waals surface area contributed by atoms with Crippen molar-refractivity contribution >= 4 is 33.0 Å². The predicted molar refractivity (Wildman–Crippen MR) is 71.2 cm³/mol. The van der Waals surface area contributed by atoms with Gasteiger partial charge in [0, 0.05) is 6.26 Å². The van der Waals surface area contributed by atoms with Gasteiger partial charge in [0.1, 0.15) is 0 Å². The summed E-state index contributed by atoms with van der Waals surface area (Å²) in [6.45, 7) is 0. The molecule has 0 radical (unpaired) electrons. The molecular weight excluding hydrogens is 290 g/mol. The number of amides is 1. The molecule has 0 unspecified atom stereocenters. The molecule has 0 aliphatic carbocycles. The molecule has 19 heavy (non-hydrogen) atoms. The number of sulfone groups is 1. The normalized spacial score (nSPS) is 11.3. The Hall–Kier alpha value is -1.79. The number of carbonyl (C=O) groups is 1. The summed E-state index contributed by atoms with van der Waals surface area (Å²) in [6, 6.07) is 8.95. The Balaban J connectivity index is 2.32. The maximum atomic E-state index is 11.8. The van der Waals surface area contributed by atoms with Crippen molar-refractivity contribution in [2.24, 2.45) is 0 Å². The number of para-hydroxylation sites is 1. The third-order valence-corrected chi connectivity index (χ3v) is 3.69. The molecule has 1 amide bonds. The second-order valence-corrected chi connectivity index (χ2v) is 6.18. The van der Waals surface area contributed by atoms with Gasteiger partial charge in [-0.15, -0.1) is 0 Å². The van der Waals surface area contributed by atoms with Crippen LogP contribution in [0.4, 0.5) is 5.69 Å². The minimum Gasteiger partial charge on any atom is -0.440 e. The first-order valence-electron chi connectivity index (χ1n) is 5.24. The van der Waals surface area contributed by atoms with E-state index in [0.717, 1.165) is 6.26 Å².